The lowest BCUT2D eigenvalue weighted by Crippen LogP contribution is -2.48. The number of anilines is 1. The summed E-state index contributed by atoms with van der Waals surface area (Å²) in [4.78, 5) is 25.1. The number of rotatable bonds is 6. The molecule has 1 aliphatic carbocycles. The summed E-state index contributed by atoms with van der Waals surface area (Å²) in [6.45, 7) is 1.32. The van der Waals surface area contributed by atoms with Crippen LogP contribution >= 0.6 is 0 Å². The summed E-state index contributed by atoms with van der Waals surface area (Å²) < 4.78 is 38.9. The zero-order valence-electron chi connectivity index (χ0n) is 18.1. The highest BCUT2D eigenvalue weighted by atomic mass is 19.4. The molecule has 0 atom stereocenters. The SMILES string of the molecule is O=C(NCC1(c2ccccc2)CCC1)C1CCN(c2ccc(C(F)(F)F)cc2[N+](=O)[O-])CC1. The van der Waals surface area contributed by atoms with Gasteiger partial charge in [-0.1, -0.05) is 36.8 Å². The first-order chi connectivity index (χ1) is 15.7. The van der Waals surface area contributed by atoms with E-state index in [1.54, 1.807) is 4.90 Å². The van der Waals surface area contributed by atoms with Crippen LogP contribution in [-0.4, -0.2) is 30.5 Å². The van der Waals surface area contributed by atoms with Crippen molar-refractivity contribution in [2.45, 2.75) is 43.7 Å². The Balaban J connectivity index is 1.37. The van der Waals surface area contributed by atoms with Crippen molar-refractivity contribution in [1.29, 1.82) is 0 Å². The summed E-state index contributed by atoms with van der Waals surface area (Å²) in [5, 5.41) is 14.5. The fourth-order valence-electron chi connectivity index (χ4n) is 4.86. The number of piperidine rings is 1. The van der Waals surface area contributed by atoms with Gasteiger partial charge in [0.25, 0.3) is 5.69 Å². The summed E-state index contributed by atoms with van der Waals surface area (Å²) in [6.07, 6.45) is -0.466. The Morgan fingerprint density at radius 1 is 1.12 bits per heavy atom. The zero-order chi connectivity index (χ0) is 23.6. The molecule has 0 aromatic heterocycles. The van der Waals surface area contributed by atoms with Crippen LogP contribution < -0.4 is 10.2 Å². The number of benzene rings is 2. The highest BCUT2D eigenvalue weighted by Crippen LogP contribution is 2.43. The van der Waals surface area contributed by atoms with Crippen LogP contribution in [0.15, 0.2) is 48.5 Å². The third-order valence-electron chi connectivity index (χ3n) is 7.00. The fraction of sp³-hybridized carbons (Fsp3) is 0.458. The molecular weight excluding hydrogens is 435 g/mol. The number of carbonyl (C=O) groups is 1. The molecule has 1 aliphatic heterocycles. The Morgan fingerprint density at radius 2 is 1.79 bits per heavy atom. The molecule has 2 fully saturated rings. The highest BCUT2D eigenvalue weighted by Gasteiger charge is 2.39. The molecule has 33 heavy (non-hydrogen) atoms. The van der Waals surface area contributed by atoms with Crippen molar-refractivity contribution in [2.24, 2.45) is 5.92 Å². The Hall–Kier alpha value is -3.10. The molecule has 1 saturated carbocycles. The standard InChI is InChI=1S/C24H26F3N3O3/c25-24(26,27)19-7-8-20(21(15-19)30(32)33)29-13-9-17(10-14-29)22(31)28-16-23(11-4-12-23)18-5-2-1-3-6-18/h1-3,5-8,15,17H,4,9-14,16H2,(H,28,31). The van der Waals surface area contributed by atoms with Crippen molar-refractivity contribution < 1.29 is 22.9 Å². The molecule has 0 radical (unpaired) electrons. The monoisotopic (exact) mass is 461 g/mol. The van der Waals surface area contributed by atoms with E-state index in [-0.39, 0.29) is 22.9 Å². The molecule has 0 unspecified atom stereocenters. The van der Waals surface area contributed by atoms with Gasteiger partial charge in [0, 0.05) is 37.0 Å². The third-order valence-corrected chi connectivity index (χ3v) is 7.00. The summed E-state index contributed by atoms with van der Waals surface area (Å²) in [6, 6.07) is 12.8. The van der Waals surface area contributed by atoms with Crippen LogP contribution in [0.1, 0.15) is 43.2 Å². The Morgan fingerprint density at radius 3 is 2.33 bits per heavy atom. The van der Waals surface area contributed by atoms with Crippen LogP contribution in [0.4, 0.5) is 24.5 Å². The zero-order valence-corrected chi connectivity index (χ0v) is 18.1. The van der Waals surface area contributed by atoms with E-state index in [1.165, 1.54) is 5.56 Å². The van der Waals surface area contributed by atoms with Gasteiger partial charge in [0.05, 0.1) is 10.5 Å². The van der Waals surface area contributed by atoms with E-state index in [9.17, 15) is 28.1 Å². The second kappa shape index (κ2) is 9.03. The third kappa shape index (κ3) is 4.82. The average Bonchev–Trinajstić information content (AvgIpc) is 2.78. The quantitative estimate of drug-likeness (QED) is 0.482. The van der Waals surface area contributed by atoms with E-state index in [0.29, 0.717) is 38.5 Å². The van der Waals surface area contributed by atoms with E-state index in [4.69, 9.17) is 0 Å². The molecule has 4 rings (SSSR count). The second-order valence-electron chi connectivity index (χ2n) is 8.94. The number of amides is 1. The number of nitro benzene ring substituents is 1. The lowest BCUT2D eigenvalue weighted by molar-refractivity contribution is -0.384. The molecule has 2 aromatic carbocycles. The number of alkyl halides is 3. The van der Waals surface area contributed by atoms with Gasteiger partial charge in [-0.25, -0.2) is 0 Å². The fourth-order valence-corrected chi connectivity index (χ4v) is 4.86. The van der Waals surface area contributed by atoms with Crippen molar-refractivity contribution >= 4 is 17.3 Å². The van der Waals surface area contributed by atoms with Crippen molar-refractivity contribution in [3.8, 4) is 0 Å². The highest BCUT2D eigenvalue weighted by molar-refractivity contribution is 5.79. The molecule has 1 heterocycles. The minimum Gasteiger partial charge on any atom is -0.366 e. The molecule has 9 heteroatoms. The van der Waals surface area contributed by atoms with E-state index in [2.05, 4.69) is 17.4 Å². The molecule has 0 bridgehead atoms. The molecule has 0 spiro atoms. The number of hydrogen-bond donors (Lipinski definition) is 1. The summed E-state index contributed by atoms with van der Waals surface area (Å²) in [7, 11) is 0. The molecule has 1 saturated heterocycles. The topological polar surface area (TPSA) is 75.5 Å². The average molecular weight is 461 g/mol. The normalized spacial score (nSPS) is 18.5. The smallest absolute Gasteiger partial charge is 0.366 e. The first kappa shape index (κ1) is 23.1. The van der Waals surface area contributed by atoms with Gasteiger partial charge in [0.2, 0.25) is 5.91 Å². The summed E-state index contributed by atoms with van der Waals surface area (Å²) >= 11 is 0. The van der Waals surface area contributed by atoms with E-state index >= 15 is 0 Å². The van der Waals surface area contributed by atoms with Gasteiger partial charge in [0.1, 0.15) is 5.69 Å². The molecule has 1 N–H and O–H groups in total. The maximum absolute atomic E-state index is 13.0. The predicted molar refractivity (Wildman–Crippen MR) is 118 cm³/mol. The summed E-state index contributed by atoms with van der Waals surface area (Å²) in [5.41, 5.74) is -0.234. The van der Waals surface area contributed by atoms with Gasteiger partial charge in [-0.15, -0.1) is 0 Å². The maximum Gasteiger partial charge on any atom is 0.416 e. The predicted octanol–water partition coefficient (Wildman–Crippen LogP) is 5.07. The lowest BCUT2D eigenvalue weighted by Gasteiger charge is -2.43. The molecule has 176 valence electrons. The lowest BCUT2D eigenvalue weighted by atomic mass is 9.64. The molecule has 2 aromatic rings. The van der Waals surface area contributed by atoms with Crippen molar-refractivity contribution in [2.75, 3.05) is 24.5 Å². The van der Waals surface area contributed by atoms with Gasteiger partial charge in [-0.3, -0.25) is 14.9 Å². The van der Waals surface area contributed by atoms with Crippen LogP contribution in [0.2, 0.25) is 0 Å². The first-order valence-electron chi connectivity index (χ1n) is 11.1. The number of nitrogens with one attached hydrogen (secondary N) is 1. The van der Waals surface area contributed by atoms with E-state index in [0.717, 1.165) is 31.4 Å². The van der Waals surface area contributed by atoms with Gasteiger partial charge >= 0.3 is 6.18 Å². The maximum atomic E-state index is 13.0. The molecule has 6 nitrogen and oxygen atoms in total. The van der Waals surface area contributed by atoms with Gasteiger partial charge in [0.15, 0.2) is 0 Å². The Labute approximate surface area is 189 Å². The van der Waals surface area contributed by atoms with Crippen molar-refractivity contribution in [3.05, 3.63) is 69.8 Å². The van der Waals surface area contributed by atoms with Crippen LogP contribution in [-0.2, 0) is 16.4 Å². The minimum absolute atomic E-state index is 0.0154. The Kier molecular flexibility index (Phi) is 6.32. The van der Waals surface area contributed by atoms with Gasteiger partial charge in [-0.2, -0.15) is 13.2 Å². The molecule has 2 aliphatic rings. The number of hydrogen-bond acceptors (Lipinski definition) is 4. The number of halogens is 3. The Bertz CT molecular complexity index is 1010. The molecular formula is C24H26F3N3O3. The van der Waals surface area contributed by atoms with Crippen LogP contribution in [0.3, 0.4) is 0 Å². The van der Waals surface area contributed by atoms with Crippen LogP contribution in [0.5, 0.6) is 0 Å². The number of nitrogens with zero attached hydrogens (tertiary/aromatic N) is 2. The van der Waals surface area contributed by atoms with E-state index < -0.39 is 22.4 Å². The number of nitro groups is 1. The van der Waals surface area contributed by atoms with Gasteiger partial charge in [-0.05, 0) is 43.4 Å². The number of carbonyl (C=O) groups excluding carboxylic acids is 1. The van der Waals surface area contributed by atoms with Crippen molar-refractivity contribution in [3.63, 3.8) is 0 Å². The minimum atomic E-state index is -4.65. The van der Waals surface area contributed by atoms with Crippen molar-refractivity contribution in [1.82, 2.24) is 5.32 Å². The molecule has 1 amide bonds. The summed E-state index contributed by atoms with van der Waals surface area (Å²) in [5.74, 6) is -0.249. The van der Waals surface area contributed by atoms with Crippen LogP contribution in [0, 0.1) is 16.0 Å². The first-order valence-corrected chi connectivity index (χ1v) is 11.1. The second-order valence-corrected chi connectivity index (χ2v) is 8.94. The van der Waals surface area contributed by atoms with Crippen LogP contribution in [0.25, 0.3) is 0 Å². The van der Waals surface area contributed by atoms with Gasteiger partial charge < -0.3 is 10.2 Å². The largest absolute Gasteiger partial charge is 0.416 e. The van der Waals surface area contributed by atoms with E-state index in [1.807, 2.05) is 18.2 Å².